The summed E-state index contributed by atoms with van der Waals surface area (Å²) in [6.07, 6.45) is 4.17. The Kier molecular flexibility index (Phi) is 8.87. The minimum absolute atomic E-state index is 0.0368. The lowest BCUT2D eigenvalue weighted by Gasteiger charge is -2.25. The molecule has 1 saturated heterocycles. The molecule has 10 heteroatoms. The zero-order valence-electron chi connectivity index (χ0n) is 19.0. The van der Waals surface area contributed by atoms with Gasteiger partial charge in [0.1, 0.15) is 4.90 Å². The van der Waals surface area contributed by atoms with Crippen molar-refractivity contribution >= 4 is 39.3 Å². The lowest BCUT2D eigenvalue weighted by molar-refractivity contribution is -0.113. The van der Waals surface area contributed by atoms with Crippen molar-refractivity contribution in [3.8, 4) is 0 Å². The lowest BCUT2D eigenvalue weighted by Crippen LogP contribution is -2.35. The molecule has 0 spiro atoms. The summed E-state index contributed by atoms with van der Waals surface area (Å²) in [6.45, 7) is 6.25. The molecule has 2 aromatic rings. The Morgan fingerprint density at radius 2 is 1.70 bits per heavy atom. The number of piperidine rings is 1. The molecular formula is C23H30N4O4S2. The van der Waals surface area contributed by atoms with Crippen LogP contribution in [-0.2, 0) is 14.8 Å². The second kappa shape index (κ2) is 11.6. The summed E-state index contributed by atoms with van der Waals surface area (Å²) < 4.78 is 26.9. The third-order valence-corrected chi connectivity index (χ3v) is 8.31. The first-order valence-corrected chi connectivity index (χ1v) is 13.6. The Hall–Kier alpha value is -2.43. The minimum Gasteiger partial charge on any atom is -0.339 e. The number of carbonyl (C=O) groups is 2. The van der Waals surface area contributed by atoms with Crippen molar-refractivity contribution in [3.05, 3.63) is 48.2 Å². The number of hydrogen-bond acceptors (Lipinski definition) is 6. The van der Waals surface area contributed by atoms with Crippen LogP contribution in [0.5, 0.6) is 0 Å². The van der Waals surface area contributed by atoms with E-state index in [1.54, 1.807) is 41.3 Å². The van der Waals surface area contributed by atoms with Gasteiger partial charge in [-0.2, -0.15) is 4.31 Å². The van der Waals surface area contributed by atoms with E-state index in [1.807, 2.05) is 13.8 Å². The molecular weight excluding hydrogens is 460 g/mol. The van der Waals surface area contributed by atoms with Crippen LogP contribution in [0.2, 0.25) is 0 Å². The molecule has 1 aliphatic heterocycles. The molecule has 8 nitrogen and oxygen atoms in total. The minimum atomic E-state index is -3.51. The summed E-state index contributed by atoms with van der Waals surface area (Å²) in [4.78, 5) is 30.8. The highest BCUT2D eigenvalue weighted by atomic mass is 32.2. The van der Waals surface area contributed by atoms with Crippen molar-refractivity contribution in [2.24, 2.45) is 0 Å². The summed E-state index contributed by atoms with van der Waals surface area (Å²) in [6, 6.07) is 9.99. The number of amides is 2. The fourth-order valence-electron chi connectivity index (χ4n) is 3.59. The molecule has 0 aliphatic carbocycles. The third kappa shape index (κ3) is 6.55. The van der Waals surface area contributed by atoms with E-state index >= 15 is 0 Å². The van der Waals surface area contributed by atoms with Gasteiger partial charge < -0.3 is 10.2 Å². The summed E-state index contributed by atoms with van der Waals surface area (Å²) >= 11 is 1.23. The topological polar surface area (TPSA) is 99.7 Å². The second-order valence-corrected chi connectivity index (χ2v) is 10.6. The first-order chi connectivity index (χ1) is 15.8. The largest absolute Gasteiger partial charge is 0.339 e. The van der Waals surface area contributed by atoms with Gasteiger partial charge in [-0.1, -0.05) is 18.2 Å². The Bertz CT molecular complexity index is 1050. The summed E-state index contributed by atoms with van der Waals surface area (Å²) in [7, 11) is -3.51. The van der Waals surface area contributed by atoms with Crippen LogP contribution in [0.1, 0.15) is 43.5 Å². The quantitative estimate of drug-likeness (QED) is 0.541. The molecule has 2 heterocycles. The number of hydrogen-bond donors (Lipinski definition) is 1. The van der Waals surface area contributed by atoms with Crippen molar-refractivity contribution in [3.63, 3.8) is 0 Å². The normalized spacial score (nSPS) is 14.6. The molecule has 1 aromatic heterocycles. The van der Waals surface area contributed by atoms with Crippen LogP contribution in [-0.4, -0.2) is 66.4 Å². The number of anilines is 1. The summed E-state index contributed by atoms with van der Waals surface area (Å²) in [5, 5.41) is 3.37. The Morgan fingerprint density at radius 1 is 1.03 bits per heavy atom. The molecule has 3 rings (SSSR count). The standard InChI is InChI=1S/C23H30N4O4S2/c1-3-26(4-2)23(29)18-8-10-19(11-9-18)25-21(28)17-32-22-13-12-20(16-24-22)33(30,31)27-14-6-5-7-15-27/h8-13,16H,3-7,14-15,17H2,1-2H3,(H,25,28). The smallest absolute Gasteiger partial charge is 0.253 e. The molecule has 1 aromatic carbocycles. The van der Waals surface area contributed by atoms with Crippen molar-refractivity contribution in [2.45, 2.75) is 43.0 Å². The number of rotatable bonds is 9. The molecule has 33 heavy (non-hydrogen) atoms. The van der Waals surface area contributed by atoms with Gasteiger partial charge in [0.15, 0.2) is 0 Å². The van der Waals surface area contributed by atoms with E-state index in [-0.39, 0.29) is 22.5 Å². The van der Waals surface area contributed by atoms with Gasteiger partial charge in [0.25, 0.3) is 5.91 Å². The maximum Gasteiger partial charge on any atom is 0.253 e. The van der Waals surface area contributed by atoms with Crippen LogP contribution in [0.3, 0.4) is 0 Å². The van der Waals surface area contributed by atoms with E-state index < -0.39 is 10.0 Å². The molecule has 0 bridgehead atoms. The molecule has 178 valence electrons. The highest BCUT2D eigenvalue weighted by Crippen LogP contribution is 2.22. The lowest BCUT2D eigenvalue weighted by atomic mass is 10.2. The molecule has 2 amide bonds. The van der Waals surface area contributed by atoms with Gasteiger partial charge in [-0.05, 0) is 63.1 Å². The van der Waals surface area contributed by atoms with Gasteiger partial charge in [-0.3, -0.25) is 9.59 Å². The Balaban J connectivity index is 1.52. The van der Waals surface area contributed by atoms with E-state index in [9.17, 15) is 18.0 Å². The van der Waals surface area contributed by atoms with Gasteiger partial charge in [0.05, 0.1) is 10.8 Å². The van der Waals surface area contributed by atoms with Crippen LogP contribution in [0.15, 0.2) is 52.5 Å². The number of carbonyl (C=O) groups excluding carboxylic acids is 2. The van der Waals surface area contributed by atoms with Gasteiger partial charge in [-0.25, -0.2) is 13.4 Å². The predicted molar refractivity (Wildman–Crippen MR) is 130 cm³/mol. The number of pyridine rings is 1. The number of benzene rings is 1. The van der Waals surface area contributed by atoms with E-state index in [2.05, 4.69) is 10.3 Å². The van der Waals surface area contributed by atoms with Crippen molar-refractivity contribution in [2.75, 3.05) is 37.2 Å². The average Bonchev–Trinajstić information content (AvgIpc) is 2.84. The molecule has 0 radical (unpaired) electrons. The zero-order chi connectivity index (χ0) is 23.8. The van der Waals surface area contributed by atoms with E-state index in [1.165, 1.54) is 22.3 Å². The zero-order valence-corrected chi connectivity index (χ0v) is 20.6. The number of nitrogens with zero attached hydrogens (tertiary/aromatic N) is 3. The van der Waals surface area contributed by atoms with Crippen LogP contribution < -0.4 is 5.32 Å². The van der Waals surface area contributed by atoms with Gasteiger partial charge in [0.2, 0.25) is 15.9 Å². The summed E-state index contributed by atoms with van der Waals surface area (Å²) in [5.41, 5.74) is 1.18. The fraction of sp³-hybridized carbons (Fsp3) is 0.435. The summed E-state index contributed by atoms with van der Waals surface area (Å²) in [5.74, 6) is -0.120. The average molecular weight is 491 g/mol. The first kappa shape index (κ1) is 25.2. The highest BCUT2D eigenvalue weighted by Gasteiger charge is 2.26. The van der Waals surface area contributed by atoms with E-state index in [4.69, 9.17) is 0 Å². The monoisotopic (exact) mass is 490 g/mol. The van der Waals surface area contributed by atoms with Crippen molar-refractivity contribution in [1.29, 1.82) is 0 Å². The number of thioether (sulfide) groups is 1. The third-order valence-electron chi connectivity index (χ3n) is 5.48. The number of nitrogens with one attached hydrogen (secondary N) is 1. The fourth-order valence-corrected chi connectivity index (χ4v) is 5.69. The molecule has 0 saturated carbocycles. The Labute approximate surface area is 199 Å². The maximum absolute atomic E-state index is 12.7. The van der Waals surface area contributed by atoms with Gasteiger partial charge in [0, 0.05) is 43.6 Å². The highest BCUT2D eigenvalue weighted by molar-refractivity contribution is 7.99. The van der Waals surface area contributed by atoms with Crippen LogP contribution >= 0.6 is 11.8 Å². The molecule has 0 atom stereocenters. The molecule has 0 unspecified atom stereocenters. The number of aromatic nitrogens is 1. The molecule has 1 aliphatic rings. The van der Waals surface area contributed by atoms with Gasteiger partial charge >= 0.3 is 0 Å². The van der Waals surface area contributed by atoms with E-state index in [0.717, 1.165) is 19.3 Å². The van der Waals surface area contributed by atoms with E-state index in [0.29, 0.717) is 42.5 Å². The number of sulfonamides is 1. The molecule has 1 N–H and O–H groups in total. The van der Waals surface area contributed by atoms with Crippen molar-refractivity contribution in [1.82, 2.24) is 14.2 Å². The van der Waals surface area contributed by atoms with Crippen LogP contribution in [0, 0.1) is 0 Å². The predicted octanol–water partition coefficient (Wildman–Crippen LogP) is 3.47. The maximum atomic E-state index is 12.7. The Morgan fingerprint density at radius 3 is 2.27 bits per heavy atom. The first-order valence-electron chi connectivity index (χ1n) is 11.1. The van der Waals surface area contributed by atoms with Crippen LogP contribution in [0.4, 0.5) is 5.69 Å². The SMILES string of the molecule is CCN(CC)C(=O)c1ccc(NC(=O)CSc2ccc(S(=O)(=O)N3CCCCC3)cn2)cc1. The molecule has 1 fully saturated rings. The van der Waals surface area contributed by atoms with Crippen molar-refractivity contribution < 1.29 is 18.0 Å². The van der Waals surface area contributed by atoms with Crippen LogP contribution in [0.25, 0.3) is 0 Å². The second-order valence-electron chi connectivity index (χ2n) is 7.69. The van der Waals surface area contributed by atoms with Gasteiger partial charge in [-0.15, -0.1) is 0 Å².